The van der Waals surface area contributed by atoms with E-state index in [0.29, 0.717) is 23.3 Å². The highest BCUT2D eigenvalue weighted by molar-refractivity contribution is 5.94. The molecule has 3 fully saturated rings. The number of nitrogens with zero attached hydrogens (tertiary/aromatic N) is 3. The fourth-order valence-electron chi connectivity index (χ4n) is 4.07. The van der Waals surface area contributed by atoms with Gasteiger partial charge in [-0.25, -0.2) is 4.98 Å². The average molecular weight is 336 g/mol. The summed E-state index contributed by atoms with van der Waals surface area (Å²) in [6.07, 6.45) is 3.97. The van der Waals surface area contributed by atoms with Crippen LogP contribution in [0.1, 0.15) is 28.8 Å². The van der Waals surface area contributed by atoms with Crippen LogP contribution in [-0.2, 0) is 6.54 Å². The van der Waals surface area contributed by atoms with E-state index in [0.717, 1.165) is 26.2 Å². The van der Waals surface area contributed by atoms with E-state index in [4.69, 9.17) is 5.73 Å². The normalized spacial score (nSPS) is 23.4. The molecule has 0 radical (unpaired) electrons. The van der Waals surface area contributed by atoms with Crippen LogP contribution in [0.25, 0.3) is 0 Å². The van der Waals surface area contributed by atoms with Gasteiger partial charge in [0.25, 0.3) is 5.91 Å². The summed E-state index contributed by atoms with van der Waals surface area (Å²) in [6, 6.07) is 14.5. The standard InChI is InChI=1S/C20H24N4O/c21-19-9-7-17(10-22-19)20(25)24-13-16-6-8-18(14-24)23(12-16)11-15-4-2-1-3-5-15/h1-5,7,9-10,16,18H,6,8,11-14H2,(H2,21,22)/t16-,18-/m0/s1. The number of carbonyl (C=O) groups is 1. The number of benzene rings is 1. The van der Waals surface area contributed by atoms with Gasteiger partial charge in [-0.05, 0) is 36.5 Å². The molecular weight excluding hydrogens is 312 g/mol. The molecule has 1 aromatic carbocycles. The minimum Gasteiger partial charge on any atom is -0.384 e. The molecule has 3 aliphatic heterocycles. The lowest BCUT2D eigenvalue weighted by Crippen LogP contribution is -2.43. The zero-order valence-corrected chi connectivity index (χ0v) is 14.3. The van der Waals surface area contributed by atoms with E-state index in [-0.39, 0.29) is 5.91 Å². The summed E-state index contributed by atoms with van der Waals surface area (Å²) in [6.45, 7) is 3.67. The van der Waals surface area contributed by atoms with Gasteiger partial charge in [-0.3, -0.25) is 9.69 Å². The predicted octanol–water partition coefficient (Wildman–Crippen LogP) is 2.40. The van der Waals surface area contributed by atoms with Crippen molar-refractivity contribution in [1.82, 2.24) is 14.8 Å². The first kappa shape index (κ1) is 16.1. The van der Waals surface area contributed by atoms with Crippen molar-refractivity contribution in [3.63, 3.8) is 0 Å². The number of carbonyl (C=O) groups excluding carboxylic acids is 1. The van der Waals surface area contributed by atoms with Gasteiger partial charge in [-0.15, -0.1) is 0 Å². The molecule has 2 aromatic rings. The smallest absolute Gasteiger partial charge is 0.255 e. The van der Waals surface area contributed by atoms with E-state index in [2.05, 4.69) is 40.2 Å². The number of hydrogen-bond donors (Lipinski definition) is 1. The van der Waals surface area contributed by atoms with Gasteiger partial charge in [-0.2, -0.15) is 0 Å². The maximum atomic E-state index is 12.9. The maximum Gasteiger partial charge on any atom is 0.255 e. The first-order valence-corrected chi connectivity index (χ1v) is 8.98. The number of nitrogen functional groups attached to an aromatic ring is 1. The second-order valence-corrected chi connectivity index (χ2v) is 7.19. The minimum absolute atomic E-state index is 0.0750. The van der Waals surface area contributed by atoms with Gasteiger partial charge in [0.1, 0.15) is 5.82 Å². The van der Waals surface area contributed by atoms with Gasteiger partial charge < -0.3 is 10.6 Å². The van der Waals surface area contributed by atoms with Crippen molar-refractivity contribution in [1.29, 1.82) is 0 Å². The lowest BCUT2D eigenvalue weighted by atomic mass is 9.94. The molecule has 0 unspecified atom stereocenters. The molecule has 0 aliphatic carbocycles. The van der Waals surface area contributed by atoms with E-state index >= 15 is 0 Å². The van der Waals surface area contributed by atoms with Crippen molar-refractivity contribution in [2.75, 3.05) is 25.4 Å². The molecule has 1 aromatic heterocycles. The topological polar surface area (TPSA) is 62.5 Å². The number of piperidine rings is 1. The lowest BCUT2D eigenvalue weighted by Gasteiger charge is -2.36. The number of rotatable bonds is 3. The van der Waals surface area contributed by atoms with Gasteiger partial charge in [0, 0.05) is 38.4 Å². The molecule has 3 aliphatic rings. The van der Waals surface area contributed by atoms with E-state index < -0.39 is 0 Å². The zero-order chi connectivity index (χ0) is 17.2. The molecule has 3 saturated heterocycles. The Kier molecular flexibility index (Phi) is 4.40. The number of anilines is 1. The van der Waals surface area contributed by atoms with Crippen molar-refractivity contribution in [2.45, 2.75) is 25.4 Å². The molecule has 5 rings (SSSR count). The van der Waals surface area contributed by atoms with Gasteiger partial charge in [-0.1, -0.05) is 30.3 Å². The largest absolute Gasteiger partial charge is 0.384 e. The summed E-state index contributed by atoms with van der Waals surface area (Å²) in [5, 5.41) is 0. The third-order valence-corrected chi connectivity index (χ3v) is 5.38. The van der Waals surface area contributed by atoms with Crippen LogP contribution in [0.2, 0.25) is 0 Å². The number of nitrogens with two attached hydrogens (primary N) is 1. The van der Waals surface area contributed by atoms with Crippen molar-refractivity contribution in [3.8, 4) is 0 Å². The Morgan fingerprint density at radius 3 is 2.68 bits per heavy atom. The Labute approximate surface area is 148 Å². The van der Waals surface area contributed by atoms with Crippen LogP contribution in [0.5, 0.6) is 0 Å². The fourth-order valence-corrected chi connectivity index (χ4v) is 4.07. The molecule has 0 spiro atoms. The second-order valence-electron chi connectivity index (χ2n) is 7.19. The highest BCUT2D eigenvalue weighted by Crippen LogP contribution is 2.30. The SMILES string of the molecule is Nc1ccc(C(=O)N2C[C@H]3CC[C@@H](C2)N(Cc2ccccc2)C3)cn1. The molecule has 4 heterocycles. The highest BCUT2D eigenvalue weighted by Gasteiger charge is 2.36. The van der Waals surface area contributed by atoms with E-state index in [1.165, 1.54) is 18.4 Å². The van der Waals surface area contributed by atoms with Crippen LogP contribution >= 0.6 is 0 Å². The van der Waals surface area contributed by atoms with Crippen molar-refractivity contribution < 1.29 is 4.79 Å². The molecule has 1 amide bonds. The third-order valence-electron chi connectivity index (χ3n) is 5.38. The molecule has 2 bridgehead atoms. The molecule has 0 saturated carbocycles. The van der Waals surface area contributed by atoms with E-state index in [9.17, 15) is 4.79 Å². The monoisotopic (exact) mass is 336 g/mol. The summed E-state index contributed by atoms with van der Waals surface area (Å²) in [5.74, 6) is 1.07. The van der Waals surface area contributed by atoms with Crippen LogP contribution in [0.3, 0.4) is 0 Å². The lowest BCUT2D eigenvalue weighted by molar-refractivity contribution is 0.0735. The number of pyridine rings is 1. The van der Waals surface area contributed by atoms with Crippen LogP contribution in [0.15, 0.2) is 48.7 Å². The summed E-state index contributed by atoms with van der Waals surface area (Å²) in [5.41, 5.74) is 7.61. The van der Waals surface area contributed by atoms with Crippen LogP contribution in [0, 0.1) is 5.92 Å². The molecule has 2 atom stereocenters. The Morgan fingerprint density at radius 2 is 1.92 bits per heavy atom. The maximum absolute atomic E-state index is 12.9. The molecule has 25 heavy (non-hydrogen) atoms. The Hall–Kier alpha value is -2.40. The van der Waals surface area contributed by atoms with Gasteiger partial charge in [0.2, 0.25) is 0 Å². The first-order valence-electron chi connectivity index (χ1n) is 8.98. The minimum atomic E-state index is 0.0750. The predicted molar refractivity (Wildman–Crippen MR) is 97.9 cm³/mol. The van der Waals surface area contributed by atoms with Crippen LogP contribution < -0.4 is 5.73 Å². The van der Waals surface area contributed by atoms with Gasteiger partial charge >= 0.3 is 0 Å². The quantitative estimate of drug-likeness (QED) is 0.935. The van der Waals surface area contributed by atoms with Crippen molar-refractivity contribution in [3.05, 3.63) is 59.8 Å². The number of fused-ring (bicyclic) bond motifs is 4. The number of aromatic nitrogens is 1. The summed E-state index contributed by atoms with van der Waals surface area (Å²) in [4.78, 5) is 21.5. The highest BCUT2D eigenvalue weighted by atomic mass is 16.2. The van der Waals surface area contributed by atoms with Crippen LogP contribution in [0.4, 0.5) is 5.82 Å². The zero-order valence-electron chi connectivity index (χ0n) is 14.3. The van der Waals surface area contributed by atoms with Gasteiger partial charge in [0.05, 0.1) is 5.56 Å². The third kappa shape index (κ3) is 3.51. The molecule has 5 heteroatoms. The van der Waals surface area contributed by atoms with Crippen molar-refractivity contribution >= 4 is 11.7 Å². The van der Waals surface area contributed by atoms with E-state index in [1.807, 2.05) is 4.90 Å². The molecule has 2 N–H and O–H groups in total. The molecule has 130 valence electrons. The summed E-state index contributed by atoms with van der Waals surface area (Å²) < 4.78 is 0. The van der Waals surface area contributed by atoms with Gasteiger partial charge in [0.15, 0.2) is 0 Å². The Morgan fingerprint density at radius 1 is 1.08 bits per heavy atom. The molecular formula is C20H24N4O. The summed E-state index contributed by atoms with van der Waals surface area (Å²) >= 11 is 0. The van der Waals surface area contributed by atoms with E-state index in [1.54, 1.807) is 18.3 Å². The Balaban J connectivity index is 1.49. The number of amides is 1. The molecule has 5 nitrogen and oxygen atoms in total. The first-order chi connectivity index (χ1) is 12.2. The van der Waals surface area contributed by atoms with Crippen molar-refractivity contribution in [2.24, 2.45) is 5.92 Å². The van der Waals surface area contributed by atoms with Crippen LogP contribution in [-0.4, -0.2) is 46.4 Å². The fraction of sp³-hybridized carbons (Fsp3) is 0.400. The Bertz CT molecular complexity index is 731. The summed E-state index contributed by atoms with van der Waals surface area (Å²) in [7, 11) is 0. The average Bonchev–Trinajstić information content (AvgIpc) is 2.94. The number of hydrogen-bond acceptors (Lipinski definition) is 4. The second kappa shape index (κ2) is 6.84.